The summed E-state index contributed by atoms with van der Waals surface area (Å²) in [7, 11) is 0. The minimum absolute atomic E-state index is 0.0108. The van der Waals surface area contributed by atoms with Gasteiger partial charge in [-0.2, -0.15) is 0 Å². The zero-order valence-corrected chi connectivity index (χ0v) is 14.7. The number of nitrogens with zero attached hydrogens (tertiary/aromatic N) is 2. The van der Waals surface area contributed by atoms with Gasteiger partial charge in [-0.05, 0) is 49.1 Å². The van der Waals surface area contributed by atoms with E-state index in [-0.39, 0.29) is 18.0 Å². The zero-order valence-electron chi connectivity index (χ0n) is 14.7. The predicted molar refractivity (Wildman–Crippen MR) is 105 cm³/mol. The number of aryl methyl sites for hydroxylation is 1. The van der Waals surface area contributed by atoms with E-state index in [0.29, 0.717) is 5.69 Å². The fourth-order valence-electron chi connectivity index (χ4n) is 3.97. The summed E-state index contributed by atoms with van der Waals surface area (Å²) in [4.78, 5) is 32.0. The van der Waals surface area contributed by atoms with Gasteiger partial charge in [0, 0.05) is 16.6 Å². The second-order valence-corrected chi connectivity index (χ2v) is 6.93. The second kappa shape index (κ2) is 6.09. The molecule has 1 aliphatic rings. The highest BCUT2D eigenvalue weighted by Crippen LogP contribution is 2.27. The lowest BCUT2D eigenvalue weighted by atomic mass is 10.1. The van der Waals surface area contributed by atoms with Crippen molar-refractivity contribution < 1.29 is 4.79 Å². The van der Waals surface area contributed by atoms with Crippen molar-refractivity contribution in [2.24, 2.45) is 0 Å². The Labute approximate surface area is 154 Å². The van der Waals surface area contributed by atoms with E-state index in [1.165, 1.54) is 0 Å². The van der Waals surface area contributed by atoms with Gasteiger partial charge in [0.15, 0.2) is 0 Å². The minimum Gasteiger partial charge on any atom is -0.324 e. The first-order valence-corrected chi connectivity index (χ1v) is 9.06. The number of rotatable bonds is 3. The van der Waals surface area contributed by atoms with Gasteiger partial charge in [-0.25, -0.2) is 4.98 Å². The number of hydrogen-bond donors (Lipinski definition) is 2. The highest BCUT2D eigenvalue weighted by molar-refractivity contribution is 5.95. The second-order valence-electron chi connectivity index (χ2n) is 6.93. The van der Waals surface area contributed by atoms with E-state index in [1.54, 1.807) is 6.33 Å². The number of aromatic nitrogens is 3. The summed E-state index contributed by atoms with van der Waals surface area (Å²) in [5.41, 5.74) is 5.27. The number of imidazole rings is 1. The summed E-state index contributed by atoms with van der Waals surface area (Å²) in [5, 5.41) is 3.98. The van der Waals surface area contributed by atoms with E-state index in [2.05, 4.69) is 15.3 Å². The molecule has 1 amide bonds. The lowest BCUT2D eigenvalue weighted by molar-refractivity contribution is -0.116. The molecule has 0 aliphatic heterocycles. The lowest BCUT2D eigenvalue weighted by Gasteiger charge is -2.10. The third-order valence-electron chi connectivity index (χ3n) is 5.21. The number of para-hydroxylation sites is 2. The number of aromatic amines is 1. The molecule has 6 nitrogen and oxygen atoms in total. The van der Waals surface area contributed by atoms with Crippen LogP contribution in [-0.4, -0.2) is 20.4 Å². The van der Waals surface area contributed by atoms with Gasteiger partial charge in [0.1, 0.15) is 6.54 Å². The van der Waals surface area contributed by atoms with E-state index in [9.17, 15) is 9.59 Å². The van der Waals surface area contributed by atoms with Crippen LogP contribution >= 0.6 is 0 Å². The summed E-state index contributed by atoms with van der Waals surface area (Å²) in [6.45, 7) is 0.180. The highest BCUT2D eigenvalue weighted by Gasteiger charge is 2.18. The summed E-state index contributed by atoms with van der Waals surface area (Å²) in [6, 6.07) is 13.4. The average molecular weight is 358 g/mol. The van der Waals surface area contributed by atoms with Crippen LogP contribution in [0.15, 0.2) is 53.6 Å². The molecule has 2 heterocycles. The van der Waals surface area contributed by atoms with Crippen LogP contribution in [0.5, 0.6) is 0 Å². The SMILES string of the molecule is O=C(Cn1cnc2ccccc21)Nc1ccc2c3c(c(=O)[nH]c2c1)CCC3. The smallest absolute Gasteiger partial charge is 0.251 e. The molecule has 134 valence electrons. The van der Waals surface area contributed by atoms with Crippen LogP contribution < -0.4 is 10.9 Å². The Kier molecular flexibility index (Phi) is 3.57. The topological polar surface area (TPSA) is 79.8 Å². The molecule has 1 aliphatic carbocycles. The molecular formula is C21H18N4O2. The molecule has 0 unspecified atom stereocenters. The number of amides is 1. The van der Waals surface area contributed by atoms with Gasteiger partial charge in [0.05, 0.1) is 22.9 Å². The molecule has 5 rings (SSSR count). The molecular weight excluding hydrogens is 340 g/mol. The van der Waals surface area contributed by atoms with E-state index >= 15 is 0 Å². The molecule has 0 radical (unpaired) electrons. The van der Waals surface area contributed by atoms with Crippen molar-refractivity contribution in [3.05, 3.63) is 70.3 Å². The van der Waals surface area contributed by atoms with Gasteiger partial charge in [-0.15, -0.1) is 0 Å². The Morgan fingerprint density at radius 3 is 2.93 bits per heavy atom. The number of pyridine rings is 1. The van der Waals surface area contributed by atoms with Gasteiger partial charge in [-0.3, -0.25) is 9.59 Å². The molecule has 0 spiro atoms. The first kappa shape index (κ1) is 15.8. The van der Waals surface area contributed by atoms with Crippen molar-refractivity contribution in [2.75, 3.05) is 5.32 Å². The van der Waals surface area contributed by atoms with E-state index < -0.39 is 0 Å². The number of fused-ring (bicyclic) bond motifs is 4. The molecule has 2 N–H and O–H groups in total. The molecule has 6 heteroatoms. The van der Waals surface area contributed by atoms with Crippen molar-refractivity contribution in [3.63, 3.8) is 0 Å². The van der Waals surface area contributed by atoms with E-state index in [4.69, 9.17) is 0 Å². The summed E-state index contributed by atoms with van der Waals surface area (Å²) >= 11 is 0. The monoisotopic (exact) mass is 358 g/mol. The fourth-order valence-corrected chi connectivity index (χ4v) is 3.97. The molecule has 0 atom stereocenters. The van der Waals surface area contributed by atoms with E-state index in [0.717, 1.165) is 52.3 Å². The Balaban J connectivity index is 1.42. The van der Waals surface area contributed by atoms with E-state index in [1.807, 2.05) is 47.0 Å². The Morgan fingerprint density at radius 2 is 2.00 bits per heavy atom. The van der Waals surface area contributed by atoms with Crippen molar-refractivity contribution in [3.8, 4) is 0 Å². The van der Waals surface area contributed by atoms with Crippen molar-refractivity contribution >= 4 is 33.5 Å². The van der Waals surface area contributed by atoms with Gasteiger partial charge >= 0.3 is 0 Å². The lowest BCUT2D eigenvalue weighted by Crippen LogP contribution is -2.18. The molecule has 0 saturated heterocycles. The van der Waals surface area contributed by atoms with Crippen LogP contribution in [0.4, 0.5) is 5.69 Å². The number of anilines is 1. The molecule has 2 aromatic carbocycles. The third-order valence-corrected chi connectivity index (χ3v) is 5.21. The molecule has 2 aromatic heterocycles. The van der Waals surface area contributed by atoms with Gasteiger partial charge in [0.25, 0.3) is 5.56 Å². The molecule has 4 aromatic rings. The third kappa shape index (κ3) is 2.70. The number of benzene rings is 2. The number of nitrogens with one attached hydrogen (secondary N) is 2. The fraction of sp³-hybridized carbons (Fsp3) is 0.190. The Morgan fingerprint density at radius 1 is 1.15 bits per heavy atom. The number of hydrogen-bond acceptors (Lipinski definition) is 3. The zero-order chi connectivity index (χ0) is 18.4. The predicted octanol–water partition coefficient (Wildman–Crippen LogP) is 3.01. The van der Waals surface area contributed by atoms with Crippen molar-refractivity contribution in [1.29, 1.82) is 0 Å². The number of H-pyrrole nitrogens is 1. The number of carbonyl (C=O) groups is 1. The summed E-state index contributed by atoms with van der Waals surface area (Å²) in [6.07, 6.45) is 4.48. The van der Waals surface area contributed by atoms with Crippen LogP contribution in [0.25, 0.3) is 21.9 Å². The Hall–Kier alpha value is -3.41. The normalized spacial score (nSPS) is 13.2. The molecule has 27 heavy (non-hydrogen) atoms. The minimum atomic E-state index is -0.138. The van der Waals surface area contributed by atoms with Crippen LogP contribution in [0.1, 0.15) is 17.5 Å². The highest BCUT2D eigenvalue weighted by atomic mass is 16.2. The van der Waals surface area contributed by atoms with Crippen molar-refractivity contribution in [1.82, 2.24) is 14.5 Å². The summed E-state index contributed by atoms with van der Waals surface area (Å²) < 4.78 is 1.82. The standard InChI is InChI=1S/C21H18N4O2/c26-20(11-25-12-22-17-6-1-2-7-19(17)25)23-13-8-9-15-14-4-3-5-16(14)21(27)24-18(15)10-13/h1-2,6-10,12H,3-5,11H2,(H,23,26)(H,24,27). The van der Waals surface area contributed by atoms with Crippen LogP contribution in [0.2, 0.25) is 0 Å². The molecule has 0 bridgehead atoms. The maximum Gasteiger partial charge on any atom is 0.251 e. The first-order valence-electron chi connectivity index (χ1n) is 9.06. The van der Waals surface area contributed by atoms with Gasteiger partial charge in [0.2, 0.25) is 5.91 Å². The molecule has 0 fully saturated rings. The van der Waals surface area contributed by atoms with Gasteiger partial charge < -0.3 is 14.9 Å². The largest absolute Gasteiger partial charge is 0.324 e. The maximum absolute atomic E-state index is 12.5. The first-order chi connectivity index (χ1) is 13.2. The average Bonchev–Trinajstić information content (AvgIpc) is 3.30. The van der Waals surface area contributed by atoms with Crippen LogP contribution in [0, 0.1) is 0 Å². The van der Waals surface area contributed by atoms with Crippen LogP contribution in [-0.2, 0) is 24.2 Å². The van der Waals surface area contributed by atoms with Gasteiger partial charge in [-0.1, -0.05) is 18.2 Å². The maximum atomic E-state index is 12.5. The number of carbonyl (C=O) groups excluding carboxylic acids is 1. The molecule has 0 saturated carbocycles. The Bertz CT molecular complexity index is 1250. The quantitative estimate of drug-likeness (QED) is 0.591. The summed E-state index contributed by atoms with van der Waals surface area (Å²) in [5.74, 6) is -0.138. The van der Waals surface area contributed by atoms with Crippen molar-refractivity contribution in [2.45, 2.75) is 25.8 Å². The van der Waals surface area contributed by atoms with Crippen LogP contribution in [0.3, 0.4) is 0 Å².